The summed E-state index contributed by atoms with van der Waals surface area (Å²) < 4.78 is 0. The van der Waals surface area contributed by atoms with E-state index < -0.39 is 0 Å². The van der Waals surface area contributed by atoms with Gasteiger partial charge in [0.25, 0.3) is 0 Å². The molecule has 164 valence electrons. The fourth-order valence-electron chi connectivity index (χ4n) is 4.41. The summed E-state index contributed by atoms with van der Waals surface area (Å²) in [5.41, 5.74) is 0. The number of rotatable bonds is 8. The molecule has 0 unspecified atom stereocenters. The predicted octanol–water partition coefficient (Wildman–Crippen LogP) is 3.07. The molecule has 0 aromatic carbocycles. The fourth-order valence-corrected chi connectivity index (χ4v) is 4.41. The molecule has 0 radical (unpaired) electrons. The molecule has 0 aromatic heterocycles. The van der Waals surface area contributed by atoms with Gasteiger partial charge in [-0.25, -0.2) is 0 Å². The molecule has 1 saturated heterocycles. The second-order valence-corrected chi connectivity index (χ2v) is 8.18. The lowest BCUT2D eigenvalue weighted by atomic mass is 9.98. The number of halogens is 1. The van der Waals surface area contributed by atoms with Crippen LogP contribution >= 0.6 is 24.0 Å². The van der Waals surface area contributed by atoms with E-state index in [0.29, 0.717) is 11.9 Å². The molecule has 0 atom stereocenters. The van der Waals surface area contributed by atoms with E-state index in [1.54, 1.807) is 0 Å². The van der Waals surface area contributed by atoms with Crippen molar-refractivity contribution >= 4 is 35.8 Å². The Morgan fingerprint density at radius 3 is 2.29 bits per heavy atom. The van der Waals surface area contributed by atoms with Gasteiger partial charge < -0.3 is 20.4 Å². The fraction of sp³-hybridized carbons (Fsp3) is 0.905. The number of hydrogen-bond acceptors (Lipinski definition) is 3. The van der Waals surface area contributed by atoms with Crippen molar-refractivity contribution in [2.45, 2.75) is 77.3 Å². The quantitative estimate of drug-likeness (QED) is 0.301. The van der Waals surface area contributed by atoms with Crippen LogP contribution in [0.2, 0.25) is 0 Å². The molecule has 7 heteroatoms. The molecule has 1 heterocycles. The van der Waals surface area contributed by atoms with Gasteiger partial charge in [-0.3, -0.25) is 9.79 Å². The molecule has 0 aromatic rings. The van der Waals surface area contributed by atoms with Crippen molar-refractivity contribution in [2.75, 3.05) is 40.3 Å². The lowest BCUT2D eigenvalue weighted by molar-refractivity contribution is -0.136. The number of amides is 1. The normalized spacial score (nSPS) is 19.2. The lowest BCUT2D eigenvalue weighted by Crippen LogP contribution is -2.51. The zero-order chi connectivity index (χ0) is 19.6. The third-order valence-electron chi connectivity index (χ3n) is 6.41. The van der Waals surface area contributed by atoms with Crippen molar-refractivity contribution in [3.63, 3.8) is 0 Å². The van der Waals surface area contributed by atoms with Crippen molar-refractivity contribution in [2.24, 2.45) is 10.9 Å². The molecular formula is C21H42IN5O. The summed E-state index contributed by atoms with van der Waals surface area (Å²) >= 11 is 0. The molecule has 1 aliphatic carbocycles. The maximum absolute atomic E-state index is 12.5. The van der Waals surface area contributed by atoms with E-state index >= 15 is 0 Å². The summed E-state index contributed by atoms with van der Waals surface area (Å²) in [5.74, 6) is 1.43. The molecule has 1 aliphatic heterocycles. The summed E-state index contributed by atoms with van der Waals surface area (Å²) in [6.07, 6.45) is 9.32. The maximum Gasteiger partial charge on any atom is 0.225 e. The number of carbonyl (C=O) groups is 1. The first-order valence-electron chi connectivity index (χ1n) is 11.0. The largest absolute Gasteiger partial charge is 0.355 e. The van der Waals surface area contributed by atoms with Crippen LogP contribution in [0, 0.1) is 5.92 Å². The van der Waals surface area contributed by atoms with Gasteiger partial charge in [0.2, 0.25) is 5.91 Å². The second-order valence-electron chi connectivity index (χ2n) is 8.18. The van der Waals surface area contributed by atoms with Gasteiger partial charge in [-0.1, -0.05) is 26.7 Å². The zero-order valence-corrected chi connectivity index (χ0v) is 20.7. The van der Waals surface area contributed by atoms with E-state index in [2.05, 4.69) is 46.3 Å². The first-order chi connectivity index (χ1) is 13.1. The van der Waals surface area contributed by atoms with Crippen molar-refractivity contribution in [1.29, 1.82) is 0 Å². The van der Waals surface area contributed by atoms with Gasteiger partial charge in [-0.15, -0.1) is 24.0 Å². The van der Waals surface area contributed by atoms with Crippen LogP contribution < -0.4 is 10.6 Å². The Labute approximate surface area is 189 Å². The van der Waals surface area contributed by atoms with Crippen LogP contribution in [0.5, 0.6) is 0 Å². The van der Waals surface area contributed by atoms with Crippen LogP contribution in [-0.4, -0.2) is 74.0 Å². The molecule has 0 spiro atoms. The van der Waals surface area contributed by atoms with Crippen LogP contribution in [0.4, 0.5) is 0 Å². The smallest absolute Gasteiger partial charge is 0.225 e. The Morgan fingerprint density at radius 1 is 1.14 bits per heavy atom. The lowest BCUT2D eigenvalue weighted by Gasteiger charge is -2.35. The summed E-state index contributed by atoms with van der Waals surface area (Å²) in [7, 11) is 4.07. The summed E-state index contributed by atoms with van der Waals surface area (Å²) in [4.78, 5) is 21.4. The number of nitrogens with one attached hydrogen (secondary N) is 2. The van der Waals surface area contributed by atoms with Crippen LogP contribution in [0.3, 0.4) is 0 Å². The Balaban J connectivity index is 0.00000392. The number of guanidine groups is 1. The van der Waals surface area contributed by atoms with Gasteiger partial charge in [-0.05, 0) is 45.6 Å². The van der Waals surface area contributed by atoms with Crippen molar-refractivity contribution in [1.82, 2.24) is 20.4 Å². The summed E-state index contributed by atoms with van der Waals surface area (Å²) in [5, 5.41) is 7.01. The van der Waals surface area contributed by atoms with Crippen LogP contribution in [0.25, 0.3) is 0 Å². The summed E-state index contributed by atoms with van der Waals surface area (Å²) in [6.45, 7) is 7.90. The second kappa shape index (κ2) is 13.6. The Morgan fingerprint density at radius 2 is 1.75 bits per heavy atom. The highest BCUT2D eigenvalue weighted by Crippen LogP contribution is 2.21. The number of hydrogen-bond donors (Lipinski definition) is 2. The molecular weight excluding hydrogens is 465 g/mol. The minimum Gasteiger partial charge on any atom is -0.355 e. The van der Waals surface area contributed by atoms with Gasteiger partial charge in [0.15, 0.2) is 5.96 Å². The molecule has 2 N–H and O–H groups in total. The molecule has 1 saturated carbocycles. The van der Waals surface area contributed by atoms with E-state index in [1.165, 1.54) is 25.7 Å². The standard InChI is InChI=1S/C21H41N5O.HI/c1-5-17(6-2)20(27)26-14-11-18(12-15-26)24-21(22-3)23-13-16-25(4)19-9-7-8-10-19;/h17-19H,5-16H2,1-4H3,(H2,22,23,24);1H. The van der Waals surface area contributed by atoms with Crippen LogP contribution in [0.15, 0.2) is 4.99 Å². The number of aliphatic imine (C=N–C) groups is 1. The highest BCUT2D eigenvalue weighted by Gasteiger charge is 2.27. The van der Waals surface area contributed by atoms with Gasteiger partial charge in [-0.2, -0.15) is 0 Å². The van der Waals surface area contributed by atoms with E-state index in [4.69, 9.17) is 0 Å². The van der Waals surface area contributed by atoms with E-state index in [9.17, 15) is 4.79 Å². The number of nitrogens with zero attached hydrogens (tertiary/aromatic N) is 3. The van der Waals surface area contributed by atoms with Crippen LogP contribution in [0.1, 0.15) is 65.2 Å². The first-order valence-corrected chi connectivity index (χ1v) is 11.0. The maximum atomic E-state index is 12.5. The highest BCUT2D eigenvalue weighted by atomic mass is 127. The minimum atomic E-state index is 0. The minimum absolute atomic E-state index is 0. The molecule has 1 amide bonds. The molecule has 0 bridgehead atoms. The number of carbonyl (C=O) groups excluding carboxylic acids is 1. The van der Waals surface area contributed by atoms with Gasteiger partial charge in [0, 0.05) is 51.2 Å². The average molecular weight is 508 g/mol. The molecule has 2 aliphatic rings. The molecule has 28 heavy (non-hydrogen) atoms. The number of likely N-dealkylation sites (tertiary alicyclic amines) is 1. The zero-order valence-electron chi connectivity index (χ0n) is 18.4. The van der Waals surface area contributed by atoms with Crippen molar-refractivity contribution in [3.05, 3.63) is 0 Å². The van der Waals surface area contributed by atoms with Crippen molar-refractivity contribution in [3.8, 4) is 0 Å². The van der Waals surface area contributed by atoms with Gasteiger partial charge in [0.1, 0.15) is 0 Å². The Kier molecular flexibility index (Phi) is 12.4. The Bertz CT molecular complexity index is 469. The van der Waals surface area contributed by atoms with E-state index in [-0.39, 0.29) is 29.9 Å². The van der Waals surface area contributed by atoms with Gasteiger partial charge >= 0.3 is 0 Å². The van der Waals surface area contributed by atoms with E-state index in [0.717, 1.165) is 63.9 Å². The topological polar surface area (TPSA) is 60.0 Å². The third-order valence-corrected chi connectivity index (χ3v) is 6.41. The highest BCUT2D eigenvalue weighted by molar-refractivity contribution is 14.0. The number of likely N-dealkylation sites (N-methyl/N-ethyl adjacent to an activating group) is 1. The van der Waals surface area contributed by atoms with Crippen LogP contribution in [-0.2, 0) is 4.79 Å². The predicted molar refractivity (Wildman–Crippen MR) is 128 cm³/mol. The third kappa shape index (κ3) is 7.69. The molecule has 2 fully saturated rings. The molecule has 2 rings (SSSR count). The van der Waals surface area contributed by atoms with E-state index in [1.807, 2.05) is 7.05 Å². The summed E-state index contributed by atoms with van der Waals surface area (Å²) in [6, 6.07) is 1.16. The van der Waals surface area contributed by atoms with Crippen molar-refractivity contribution < 1.29 is 4.79 Å². The average Bonchev–Trinajstić information content (AvgIpc) is 3.23. The number of piperidine rings is 1. The van der Waals surface area contributed by atoms with Gasteiger partial charge in [0.05, 0.1) is 0 Å². The first kappa shape index (κ1) is 25.5. The SMILES string of the molecule is CCC(CC)C(=O)N1CCC(NC(=NC)NCCN(C)C2CCCC2)CC1.I. The molecule has 6 nitrogen and oxygen atoms in total. The Hall–Kier alpha value is -0.570. The monoisotopic (exact) mass is 507 g/mol.